The molecule has 7 nitrogen and oxygen atoms in total. The molecule has 0 unspecified atom stereocenters. The Labute approximate surface area is 105 Å². The van der Waals surface area contributed by atoms with E-state index in [1.54, 1.807) is 6.07 Å². The van der Waals surface area contributed by atoms with Crippen molar-refractivity contribution in [2.45, 2.75) is 0 Å². The number of nitro groups is 1. The molecule has 8 heteroatoms. The Morgan fingerprint density at radius 2 is 2.11 bits per heavy atom. The van der Waals surface area contributed by atoms with Crippen LogP contribution in [0.2, 0.25) is 0 Å². The molecule has 0 aliphatic heterocycles. The lowest BCUT2D eigenvalue weighted by molar-refractivity contribution is -0.384. The van der Waals surface area contributed by atoms with Crippen molar-refractivity contribution in [3.05, 3.63) is 40.1 Å². The van der Waals surface area contributed by atoms with Gasteiger partial charge in [0.2, 0.25) is 0 Å². The number of nitrogen functional groups attached to an aromatic ring is 1. The molecule has 0 saturated heterocycles. The van der Waals surface area contributed by atoms with Crippen LogP contribution in [0.5, 0.6) is 0 Å². The summed E-state index contributed by atoms with van der Waals surface area (Å²) in [6, 6.07) is 5.96. The number of hydrogen-bond donors (Lipinski definition) is 2. The minimum Gasteiger partial charge on any atom is -0.476 e. The fraction of sp³-hybridized carbons (Fsp3) is 0. The normalized spacial score (nSPS) is 10.2. The predicted molar refractivity (Wildman–Crippen MR) is 65.6 cm³/mol. The number of carboxylic acids is 1. The number of benzene rings is 1. The smallest absolute Gasteiger partial charge is 0.357 e. The third-order valence-electron chi connectivity index (χ3n) is 2.19. The molecular formula is C10H7N3O4S. The lowest BCUT2D eigenvalue weighted by Crippen LogP contribution is -2.00. The van der Waals surface area contributed by atoms with E-state index in [4.69, 9.17) is 10.8 Å². The molecule has 1 aromatic heterocycles. The van der Waals surface area contributed by atoms with Crippen LogP contribution in [0.15, 0.2) is 24.3 Å². The van der Waals surface area contributed by atoms with E-state index in [1.807, 2.05) is 0 Å². The number of aromatic carboxylic acids is 1. The first-order valence-electron chi connectivity index (χ1n) is 4.74. The van der Waals surface area contributed by atoms with Gasteiger partial charge in [0.25, 0.3) is 5.69 Å². The molecule has 0 atom stereocenters. The van der Waals surface area contributed by atoms with E-state index in [1.165, 1.54) is 18.2 Å². The summed E-state index contributed by atoms with van der Waals surface area (Å²) in [7, 11) is 0. The minimum absolute atomic E-state index is 0.0238. The number of rotatable bonds is 3. The lowest BCUT2D eigenvalue weighted by atomic mass is 10.2. The maximum Gasteiger partial charge on any atom is 0.357 e. The van der Waals surface area contributed by atoms with Gasteiger partial charge in [-0.05, 0) is 6.07 Å². The number of aromatic nitrogens is 1. The Morgan fingerprint density at radius 3 is 2.67 bits per heavy atom. The van der Waals surface area contributed by atoms with Crippen LogP contribution in [0.1, 0.15) is 10.5 Å². The van der Waals surface area contributed by atoms with Gasteiger partial charge in [-0.1, -0.05) is 23.5 Å². The van der Waals surface area contributed by atoms with E-state index in [0.717, 1.165) is 11.3 Å². The van der Waals surface area contributed by atoms with E-state index in [-0.39, 0.29) is 27.0 Å². The van der Waals surface area contributed by atoms with Crippen LogP contribution in [0.3, 0.4) is 0 Å². The molecule has 2 aromatic rings. The number of carboxylic acid groups (broad SMARTS) is 1. The summed E-state index contributed by atoms with van der Waals surface area (Å²) in [5.74, 6) is -1.26. The number of carbonyl (C=O) groups is 1. The van der Waals surface area contributed by atoms with Crippen LogP contribution in [-0.2, 0) is 0 Å². The van der Waals surface area contributed by atoms with Gasteiger partial charge in [-0.3, -0.25) is 10.1 Å². The fourth-order valence-corrected chi connectivity index (χ4v) is 2.27. The molecule has 0 aliphatic rings. The van der Waals surface area contributed by atoms with Crippen LogP contribution >= 0.6 is 11.3 Å². The SMILES string of the molecule is Nc1sc(-c2ccccc2[N+](=O)[O-])nc1C(=O)O. The van der Waals surface area contributed by atoms with Crippen molar-refractivity contribution in [3.8, 4) is 10.6 Å². The second-order valence-corrected chi connectivity index (χ2v) is 4.34. The van der Waals surface area contributed by atoms with Gasteiger partial charge >= 0.3 is 5.97 Å². The number of nitrogens with zero attached hydrogens (tertiary/aromatic N) is 2. The maximum absolute atomic E-state index is 10.9. The van der Waals surface area contributed by atoms with Crippen LogP contribution < -0.4 is 5.73 Å². The number of anilines is 1. The molecule has 0 radical (unpaired) electrons. The molecule has 0 aliphatic carbocycles. The topological polar surface area (TPSA) is 119 Å². The van der Waals surface area contributed by atoms with Gasteiger partial charge in [0.15, 0.2) is 5.69 Å². The second-order valence-electron chi connectivity index (χ2n) is 3.31. The molecule has 2 rings (SSSR count). The van der Waals surface area contributed by atoms with Crippen molar-refractivity contribution < 1.29 is 14.8 Å². The molecular weight excluding hydrogens is 258 g/mol. The first-order valence-corrected chi connectivity index (χ1v) is 5.55. The summed E-state index contributed by atoms with van der Waals surface area (Å²) in [5.41, 5.74) is 5.35. The van der Waals surface area contributed by atoms with Crippen molar-refractivity contribution in [2.24, 2.45) is 0 Å². The van der Waals surface area contributed by atoms with Crippen molar-refractivity contribution in [1.82, 2.24) is 4.98 Å². The van der Waals surface area contributed by atoms with Crippen LogP contribution in [-0.4, -0.2) is 21.0 Å². The number of hydrogen-bond acceptors (Lipinski definition) is 6. The van der Waals surface area contributed by atoms with E-state index in [0.29, 0.717) is 0 Å². The molecule has 0 amide bonds. The molecule has 0 spiro atoms. The first-order chi connectivity index (χ1) is 8.50. The van der Waals surface area contributed by atoms with Gasteiger partial charge in [-0.2, -0.15) is 0 Å². The molecule has 0 fully saturated rings. The first kappa shape index (κ1) is 12.0. The summed E-state index contributed by atoms with van der Waals surface area (Å²) in [6.45, 7) is 0. The zero-order valence-corrected chi connectivity index (χ0v) is 9.68. The van der Waals surface area contributed by atoms with Gasteiger partial charge in [-0.15, -0.1) is 0 Å². The van der Waals surface area contributed by atoms with Crippen molar-refractivity contribution >= 4 is 28.0 Å². The number of nitrogens with two attached hydrogens (primary N) is 1. The summed E-state index contributed by atoms with van der Waals surface area (Å²) in [5, 5.41) is 19.9. The highest BCUT2D eigenvalue weighted by atomic mass is 32.1. The van der Waals surface area contributed by atoms with Gasteiger partial charge in [0, 0.05) is 6.07 Å². The van der Waals surface area contributed by atoms with Crippen LogP contribution in [0, 0.1) is 10.1 Å². The van der Waals surface area contributed by atoms with E-state index in [2.05, 4.69) is 4.98 Å². The Hall–Kier alpha value is -2.48. The number of para-hydroxylation sites is 1. The van der Waals surface area contributed by atoms with Gasteiger partial charge in [0.1, 0.15) is 10.0 Å². The summed E-state index contributed by atoms with van der Waals surface area (Å²) in [4.78, 5) is 24.9. The molecule has 1 heterocycles. The molecule has 0 saturated carbocycles. The fourth-order valence-electron chi connectivity index (χ4n) is 1.41. The minimum atomic E-state index is -1.26. The average molecular weight is 265 g/mol. The monoisotopic (exact) mass is 265 g/mol. The standard InChI is InChI=1S/C10H7N3O4S/c11-8-7(10(14)15)12-9(18-8)5-3-1-2-4-6(5)13(16)17/h1-4H,11H2,(H,14,15). The summed E-state index contributed by atoms with van der Waals surface area (Å²) < 4.78 is 0. The maximum atomic E-state index is 10.9. The van der Waals surface area contributed by atoms with Crippen molar-refractivity contribution in [2.75, 3.05) is 5.73 Å². The van der Waals surface area contributed by atoms with E-state index >= 15 is 0 Å². The zero-order valence-electron chi connectivity index (χ0n) is 8.86. The number of thiazole rings is 1. The van der Waals surface area contributed by atoms with Crippen molar-refractivity contribution in [1.29, 1.82) is 0 Å². The third-order valence-corrected chi connectivity index (χ3v) is 3.10. The highest BCUT2D eigenvalue weighted by molar-refractivity contribution is 7.19. The third kappa shape index (κ3) is 2.00. The Morgan fingerprint density at radius 1 is 1.44 bits per heavy atom. The zero-order chi connectivity index (χ0) is 13.3. The molecule has 0 bridgehead atoms. The number of nitro benzene ring substituents is 1. The summed E-state index contributed by atoms with van der Waals surface area (Å²) in [6.07, 6.45) is 0. The largest absolute Gasteiger partial charge is 0.476 e. The van der Waals surface area contributed by atoms with Gasteiger partial charge in [-0.25, -0.2) is 9.78 Å². The van der Waals surface area contributed by atoms with E-state index in [9.17, 15) is 14.9 Å². The molecule has 18 heavy (non-hydrogen) atoms. The quantitative estimate of drug-likeness (QED) is 0.647. The Bertz CT molecular complexity index is 638. The van der Waals surface area contributed by atoms with Crippen molar-refractivity contribution in [3.63, 3.8) is 0 Å². The summed E-state index contributed by atoms with van der Waals surface area (Å²) >= 11 is 0.909. The molecule has 1 aromatic carbocycles. The molecule has 3 N–H and O–H groups in total. The Kier molecular flexibility index (Phi) is 2.94. The predicted octanol–water partition coefficient (Wildman–Crippen LogP) is 2.00. The van der Waals surface area contributed by atoms with Crippen LogP contribution in [0.4, 0.5) is 10.7 Å². The lowest BCUT2D eigenvalue weighted by Gasteiger charge is -1.97. The second kappa shape index (κ2) is 4.41. The highest BCUT2D eigenvalue weighted by Gasteiger charge is 2.21. The Balaban J connectivity index is 2.59. The van der Waals surface area contributed by atoms with Gasteiger partial charge in [0.05, 0.1) is 10.5 Å². The van der Waals surface area contributed by atoms with E-state index < -0.39 is 10.9 Å². The van der Waals surface area contributed by atoms with Crippen LogP contribution in [0.25, 0.3) is 10.6 Å². The van der Waals surface area contributed by atoms with Gasteiger partial charge < -0.3 is 10.8 Å². The molecule has 92 valence electrons. The highest BCUT2D eigenvalue weighted by Crippen LogP contribution is 2.35. The average Bonchev–Trinajstić information content (AvgIpc) is 2.71.